The molecule has 0 saturated heterocycles. The lowest BCUT2D eigenvalue weighted by molar-refractivity contribution is 0.278. The van der Waals surface area contributed by atoms with E-state index in [9.17, 15) is 0 Å². The zero-order valence-corrected chi connectivity index (χ0v) is 11.7. The molecule has 2 heterocycles. The highest BCUT2D eigenvalue weighted by atomic mass is 15.0. The number of nitrogens with two attached hydrogens (primary N) is 1. The maximum Gasteiger partial charge on any atom is 0.115 e. The quantitative estimate of drug-likeness (QED) is 0.853. The summed E-state index contributed by atoms with van der Waals surface area (Å²) in [5.41, 5.74) is 11.4. The zero-order valence-electron chi connectivity index (χ0n) is 11.7. The summed E-state index contributed by atoms with van der Waals surface area (Å²) in [7, 11) is 0. The first-order valence-corrected chi connectivity index (χ1v) is 6.70. The van der Waals surface area contributed by atoms with Gasteiger partial charge in [0.1, 0.15) is 6.33 Å². The van der Waals surface area contributed by atoms with Gasteiger partial charge in [0.15, 0.2) is 0 Å². The molecule has 1 atom stereocenters. The van der Waals surface area contributed by atoms with Crippen molar-refractivity contribution in [1.82, 2.24) is 14.5 Å². The Morgan fingerprint density at radius 2 is 2.00 bits per heavy atom. The Hall–Kier alpha value is -1.68. The third-order valence-electron chi connectivity index (χ3n) is 3.94. The molecule has 0 spiro atoms. The second-order valence-electron chi connectivity index (χ2n) is 6.27. The predicted octanol–water partition coefficient (Wildman–Crippen LogP) is 2.55. The van der Waals surface area contributed by atoms with Crippen molar-refractivity contribution in [3.8, 4) is 5.69 Å². The highest BCUT2D eigenvalue weighted by Gasteiger charge is 2.33. The summed E-state index contributed by atoms with van der Waals surface area (Å²) in [4.78, 5) is 8.25. The fraction of sp³-hybridized carbons (Fsp3) is 0.467. The summed E-state index contributed by atoms with van der Waals surface area (Å²) in [6.07, 6.45) is 7.35. The summed E-state index contributed by atoms with van der Waals surface area (Å²) < 4.78 is 2.25. The normalized spacial score (nSPS) is 21.2. The molecule has 1 unspecified atom stereocenters. The number of fused-ring (bicyclic) bond motifs is 1. The molecule has 0 aromatic carbocycles. The Bertz CT molecular complexity index is 598. The number of hydrogen-bond acceptors (Lipinski definition) is 3. The van der Waals surface area contributed by atoms with Crippen molar-refractivity contribution in [2.24, 2.45) is 11.1 Å². The van der Waals surface area contributed by atoms with Crippen molar-refractivity contribution in [2.45, 2.75) is 39.7 Å². The molecule has 0 bridgehead atoms. The van der Waals surface area contributed by atoms with E-state index >= 15 is 0 Å². The monoisotopic (exact) mass is 256 g/mol. The number of hydrogen-bond donors (Lipinski definition) is 1. The summed E-state index contributed by atoms with van der Waals surface area (Å²) in [6, 6.07) is 2.34. The van der Waals surface area contributed by atoms with Crippen LogP contribution in [0.4, 0.5) is 0 Å². The molecule has 0 fully saturated rings. The topological polar surface area (TPSA) is 56.7 Å². The third kappa shape index (κ3) is 2.06. The largest absolute Gasteiger partial charge is 0.324 e. The lowest BCUT2D eigenvalue weighted by atomic mass is 9.74. The number of rotatable bonds is 1. The van der Waals surface area contributed by atoms with Gasteiger partial charge in [-0.1, -0.05) is 13.8 Å². The van der Waals surface area contributed by atoms with Gasteiger partial charge < -0.3 is 10.3 Å². The van der Waals surface area contributed by atoms with Gasteiger partial charge in [-0.25, -0.2) is 9.97 Å². The minimum absolute atomic E-state index is 0.128. The lowest BCUT2D eigenvalue weighted by Crippen LogP contribution is -2.30. The van der Waals surface area contributed by atoms with Crippen LogP contribution in [-0.4, -0.2) is 14.5 Å². The fourth-order valence-electron chi connectivity index (χ4n) is 3.21. The van der Waals surface area contributed by atoms with Crippen LogP contribution in [0, 0.1) is 12.3 Å². The van der Waals surface area contributed by atoms with Crippen molar-refractivity contribution in [3.05, 3.63) is 41.7 Å². The maximum atomic E-state index is 6.34. The molecular formula is C15H20N4. The van der Waals surface area contributed by atoms with Gasteiger partial charge in [-0.05, 0) is 36.8 Å². The molecule has 2 N–H and O–H groups in total. The average molecular weight is 256 g/mol. The van der Waals surface area contributed by atoms with E-state index in [4.69, 9.17) is 5.73 Å². The first-order valence-electron chi connectivity index (χ1n) is 6.70. The number of aromatic nitrogens is 3. The van der Waals surface area contributed by atoms with Crippen LogP contribution in [0.2, 0.25) is 0 Å². The van der Waals surface area contributed by atoms with Crippen LogP contribution in [0.25, 0.3) is 5.69 Å². The number of aryl methyl sites for hydroxylation is 1. The predicted molar refractivity (Wildman–Crippen MR) is 75.1 cm³/mol. The smallest absolute Gasteiger partial charge is 0.115 e. The molecule has 0 amide bonds. The zero-order chi connectivity index (χ0) is 13.6. The fourth-order valence-corrected chi connectivity index (χ4v) is 3.21. The second-order valence-corrected chi connectivity index (χ2v) is 6.27. The van der Waals surface area contributed by atoms with Crippen molar-refractivity contribution in [1.29, 1.82) is 0 Å². The minimum Gasteiger partial charge on any atom is -0.324 e. The molecule has 0 radical (unpaired) electrons. The van der Waals surface area contributed by atoms with E-state index in [-0.39, 0.29) is 11.5 Å². The molecule has 0 aliphatic heterocycles. The van der Waals surface area contributed by atoms with Crippen molar-refractivity contribution < 1.29 is 0 Å². The van der Waals surface area contributed by atoms with E-state index in [2.05, 4.69) is 41.4 Å². The van der Waals surface area contributed by atoms with Gasteiger partial charge in [0.2, 0.25) is 0 Å². The first kappa shape index (κ1) is 12.4. The van der Waals surface area contributed by atoms with Crippen LogP contribution in [0.15, 0.2) is 24.8 Å². The van der Waals surface area contributed by atoms with Gasteiger partial charge in [-0.3, -0.25) is 0 Å². The Morgan fingerprint density at radius 3 is 2.68 bits per heavy atom. The van der Waals surface area contributed by atoms with Crippen molar-refractivity contribution in [2.75, 3.05) is 0 Å². The summed E-state index contributed by atoms with van der Waals surface area (Å²) in [6.45, 7) is 6.68. The highest BCUT2D eigenvalue weighted by Crippen LogP contribution is 2.41. The van der Waals surface area contributed by atoms with E-state index in [0.717, 1.165) is 18.5 Å². The molecule has 2 aromatic rings. The van der Waals surface area contributed by atoms with Crippen LogP contribution in [0.1, 0.15) is 43.3 Å². The Labute approximate surface area is 113 Å². The highest BCUT2D eigenvalue weighted by molar-refractivity contribution is 5.42. The van der Waals surface area contributed by atoms with E-state index in [1.807, 2.05) is 12.4 Å². The Kier molecular flexibility index (Phi) is 2.71. The molecular weight excluding hydrogens is 236 g/mol. The SMILES string of the molecule is Cc1cc2c(n1-c1cncnc1)CC(C)(C)CC2N. The van der Waals surface area contributed by atoms with Gasteiger partial charge in [0.25, 0.3) is 0 Å². The third-order valence-corrected chi connectivity index (χ3v) is 3.94. The van der Waals surface area contributed by atoms with E-state index in [1.165, 1.54) is 17.0 Å². The van der Waals surface area contributed by atoms with Gasteiger partial charge >= 0.3 is 0 Å². The second kappa shape index (κ2) is 4.17. The number of nitrogens with zero attached hydrogens (tertiary/aromatic N) is 3. The summed E-state index contributed by atoms with van der Waals surface area (Å²) >= 11 is 0. The minimum atomic E-state index is 0.128. The van der Waals surface area contributed by atoms with Gasteiger partial charge in [-0.15, -0.1) is 0 Å². The molecule has 2 aromatic heterocycles. The van der Waals surface area contributed by atoms with Gasteiger partial charge in [0, 0.05) is 17.4 Å². The molecule has 1 aliphatic carbocycles. The van der Waals surface area contributed by atoms with Crippen molar-refractivity contribution >= 4 is 0 Å². The van der Waals surface area contributed by atoms with Crippen LogP contribution in [-0.2, 0) is 6.42 Å². The molecule has 4 nitrogen and oxygen atoms in total. The first-order chi connectivity index (χ1) is 8.98. The lowest BCUT2D eigenvalue weighted by Gasteiger charge is -2.34. The summed E-state index contributed by atoms with van der Waals surface area (Å²) in [5, 5.41) is 0. The maximum absolute atomic E-state index is 6.34. The van der Waals surface area contributed by atoms with Crippen LogP contribution < -0.4 is 5.73 Å². The molecule has 1 aliphatic rings. The molecule has 19 heavy (non-hydrogen) atoms. The Balaban J connectivity index is 2.18. The van der Waals surface area contributed by atoms with Gasteiger partial charge in [0.05, 0.1) is 18.1 Å². The van der Waals surface area contributed by atoms with Gasteiger partial charge in [-0.2, -0.15) is 0 Å². The Morgan fingerprint density at radius 1 is 1.32 bits per heavy atom. The molecule has 3 rings (SSSR count). The molecule has 100 valence electrons. The summed E-state index contributed by atoms with van der Waals surface area (Å²) in [5.74, 6) is 0. The van der Waals surface area contributed by atoms with Crippen molar-refractivity contribution in [3.63, 3.8) is 0 Å². The van der Waals surface area contributed by atoms with E-state index in [0.29, 0.717) is 0 Å². The molecule has 4 heteroatoms. The van der Waals surface area contributed by atoms with Crippen LogP contribution >= 0.6 is 0 Å². The van der Waals surface area contributed by atoms with E-state index < -0.39 is 0 Å². The average Bonchev–Trinajstić information content (AvgIpc) is 2.65. The van der Waals surface area contributed by atoms with E-state index in [1.54, 1.807) is 6.33 Å². The van der Waals surface area contributed by atoms with Crippen LogP contribution in [0.3, 0.4) is 0 Å². The standard InChI is InChI=1S/C15H20N4/c1-10-4-12-13(16)5-15(2,3)6-14(12)19(10)11-7-17-9-18-8-11/h4,7-9,13H,5-6,16H2,1-3H3. The molecule has 0 saturated carbocycles. The van der Waals surface area contributed by atoms with Crippen LogP contribution in [0.5, 0.6) is 0 Å².